The summed E-state index contributed by atoms with van der Waals surface area (Å²) in [4.78, 5) is 18.0. The van der Waals surface area contributed by atoms with Gasteiger partial charge in [-0.3, -0.25) is 9.78 Å². The molecular weight excluding hydrogens is 262 g/mol. The number of hydrogen-bond acceptors (Lipinski definition) is 3. The van der Waals surface area contributed by atoms with Gasteiger partial charge in [-0.05, 0) is 30.3 Å². The number of carbonyl (C=O) groups excluding carboxylic acids is 1. The Labute approximate surface area is 116 Å². The van der Waals surface area contributed by atoms with Gasteiger partial charge in [0.05, 0.1) is 12.2 Å². The number of nitrogen functional groups attached to an aromatic ring is 1. The summed E-state index contributed by atoms with van der Waals surface area (Å²) in [5, 5.41) is 0.453. The molecule has 98 valence electrons. The van der Waals surface area contributed by atoms with Gasteiger partial charge in [0.1, 0.15) is 0 Å². The van der Waals surface area contributed by atoms with E-state index in [0.29, 0.717) is 22.8 Å². The molecule has 1 aromatic heterocycles. The van der Waals surface area contributed by atoms with Crippen molar-refractivity contribution in [3.8, 4) is 0 Å². The van der Waals surface area contributed by atoms with E-state index >= 15 is 0 Å². The molecule has 19 heavy (non-hydrogen) atoms. The molecule has 2 N–H and O–H groups in total. The Balaban J connectivity index is 2.15. The molecule has 5 heteroatoms. The number of amides is 1. The molecule has 4 nitrogen and oxygen atoms in total. The summed E-state index contributed by atoms with van der Waals surface area (Å²) in [5.74, 6) is -0.139. The van der Waals surface area contributed by atoms with Crippen molar-refractivity contribution < 1.29 is 4.79 Å². The van der Waals surface area contributed by atoms with Crippen molar-refractivity contribution in [2.24, 2.45) is 0 Å². The Morgan fingerprint density at radius 2 is 2.16 bits per heavy atom. The van der Waals surface area contributed by atoms with Crippen LogP contribution in [0.25, 0.3) is 0 Å². The van der Waals surface area contributed by atoms with Crippen molar-refractivity contribution in [2.45, 2.75) is 6.54 Å². The van der Waals surface area contributed by atoms with Gasteiger partial charge in [-0.15, -0.1) is 0 Å². The van der Waals surface area contributed by atoms with E-state index < -0.39 is 0 Å². The number of carbonyl (C=O) groups is 1. The normalized spacial score (nSPS) is 10.2. The molecule has 0 spiro atoms. The molecule has 2 rings (SSSR count). The van der Waals surface area contributed by atoms with Gasteiger partial charge >= 0.3 is 0 Å². The van der Waals surface area contributed by atoms with Gasteiger partial charge in [-0.1, -0.05) is 17.7 Å². The van der Waals surface area contributed by atoms with E-state index in [0.717, 1.165) is 5.69 Å². The average molecular weight is 276 g/mol. The van der Waals surface area contributed by atoms with Gasteiger partial charge in [0.25, 0.3) is 5.91 Å². The zero-order valence-electron chi connectivity index (χ0n) is 10.5. The van der Waals surface area contributed by atoms with Crippen molar-refractivity contribution in [1.29, 1.82) is 0 Å². The Bertz CT molecular complexity index is 566. The summed E-state index contributed by atoms with van der Waals surface area (Å²) >= 11 is 5.90. The molecule has 0 radical (unpaired) electrons. The van der Waals surface area contributed by atoms with Crippen molar-refractivity contribution in [3.63, 3.8) is 0 Å². The lowest BCUT2D eigenvalue weighted by Gasteiger charge is -2.17. The highest BCUT2D eigenvalue weighted by Gasteiger charge is 2.13. The summed E-state index contributed by atoms with van der Waals surface area (Å²) in [6.07, 6.45) is 1.70. The van der Waals surface area contributed by atoms with Crippen molar-refractivity contribution in [2.75, 3.05) is 12.8 Å². The van der Waals surface area contributed by atoms with Crippen LogP contribution in [0.4, 0.5) is 5.69 Å². The first-order chi connectivity index (χ1) is 9.06. The highest BCUT2D eigenvalue weighted by molar-refractivity contribution is 6.31. The van der Waals surface area contributed by atoms with Crippen LogP contribution in [0.15, 0.2) is 42.6 Å². The van der Waals surface area contributed by atoms with E-state index in [9.17, 15) is 4.79 Å². The lowest BCUT2D eigenvalue weighted by molar-refractivity contribution is 0.0783. The van der Waals surface area contributed by atoms with E-state index in [-0.39, 0.29) is 5.91 Å². The molecule has 0 saturated heterocycles. The Morgan fingerprint density at radius 1 is 1.37 bits per heavy atom. The van der Waals surface area contributed by atoms with Crippen LogP contribution in [0.3, 0.4) is 0 Å². The van der Waals surface area contributed by atoms with Gasteiger partial charge in [0, 0.05) is 29.5 Å². The molecule has 0 saturated carbocycles. The summed E-state index contributed by atoms with van der Waals surface area (Å²) in [5.41, 5.74) is 7.46. The number of aromatic nitrogens is 1. The number of nitrogens with two attached hydrogens (primary N) is 1. The molecule has 0 aliphatic heterocycles. The summed E-state index contributed by atoms with van der Waals surface area (Å²) < 4.78 is 0. The fourth-order valence-electron chi connectivity index (χ4n) is 1.76. The van der Waals surface area contributed by atoms with Gasteiger partial charge < -0.3 is 10.6 Å². The lowest BCUT2D eigenvalue weighted by atomic mass is 10.1. The Hall–Kier alpha value is -2.07. The van der Waals surface area contributed by atoms with Crippen molar-refractivity contribution in [3.05, 3.63) is 58.9 Å². The van der Waals surface area contributed by atoms with Crippen LogP contribution in [0.5, 0.6) is 0 Å². The van der Waals surface area contributed by atoms with Crippen LogP contribution in [-0.4, -0.2) is 22.8 Å². The SMILES string of the molecule is CN(Cc1ccccn1)C(=O)c1cc(N)cc(Cl)c1. The first-order valence-corrected chi connectivity index (χ1v) is 6.15. The molecule has 0 aliphatic rings. The van der Waals surface area contributed by atoms with Crippen LogP contribution < -0.4 is 5.73 Å². The van der Waals surface area contributed by atoms with E-state index in [2.05, 4.69) is 4.98 Å². The molecule has 1 heterocycles. The second kappa shape index (κ2) is 5.71. The fraction of sp³-hybridized carbons (Fsp3) is 0.143. The van der Waals surface area contributed by atoms with Crippen LogP contribution in [0, 0.1) is 0 Å². The third-order valence-electron chi connectivity index (χ3n) is 2.64. The maximum atomic E-state index is 12.2. The van der Waals surface area contributed by atoms with Crippen molar-refractivity contribution >= 4 is 23.2 Å². The maximum absolute atomic E-state index is 12.2. The monoisotopic (exact) mass is 275 g/mol. The predicted molar refractivity (Wildman–Crippen MR) is 75.9 cm³/mol. The number of hydrogen-bond donors (Lipinski definition) is 1. The number of pyridine rings is 1. The second-order valence-electron chi connectivity index (χ2n) is 4.26. The molecule has 1 aromatic carbocycles. The zero-order valence-corrected chi connectivity index (χ0v) is 11.3. The molecule has 0 unspecified atom stereocenters. The van der Waals surface area contributed by atoms with Gasteiger partial charge in [0.2, 0.25) is 0 Å². The Kier molecular flexibility index (Phi) is 4.02. The zero-order chi connectivity index (χ0) is 13.8. The first-order valence-electron chi connectivity index (χ1n) is 5.77. The largest absolute Gasteiger partial charge is 0.399 e. The highest BCUT2D eigenvalue weighted by atomic mass is 35.5. The van der Waals surface area contributed by atoms with Crippen LogP contribution in [0.1, 0.15) is 16.1 Å². The molecule has 1 amide bonds. The number of rotatable bonds is 3. The summed E-state index contributed by atoms with van der Waals surface area (Å²) in [6.45, 7) is 0.437. The van der Waals surface area contributed by atoms with E-state index in [4.69, 9.17) is 17.3 Å². The number of benzene rings is 1. The third kappa shape index (κ3) is 3.45. The molecule has 0 fully saturated rings. The topological polar surface area (TPSA) is 59.2 Å². The minimum atomic E-state index is -0.139. The standard InChI is InChI=1S/C14H14ClN3O/c1-18(9-13-4-2-3-5-17-13)14(19)10-6-11(15)8-12(16)7-10/h2-8H,9,16H2,1H3. The lowest BCUT2D eigenvalue weighted by Crippen LogP contribution is -2.26. The Morgan fingerprint density at radius 3 is 2.79 bits per heavy atom. The quantitative estimate of drug-likeness (QED) is 0.876. The average Bonchev–Trinajstić information content (AvgIpc) is 2.37. The second-order valence-corrected chi connectivity index (χ2v) is 4.69. The van der Waals surface area contributed by atoms with Crippen LogP contribution in [0.2, 0.25) is 5.02 Å². The molecule has 2 aromatic rings. The van der Waals surface area contributed by atoms with Crippen LogP contribution >= 0.6 is 11.6 Å². The van der Waals surface area contributed by atoms with Crippen LogP contribution in [-0.2, 0) is 6.54 Å². The molecular formula is C14H14ClN3O. The summed E-state index contributed by atoms with van der Waals surface area (Å²) in [7, 11) is 1.72. The molecule has 0 atom stereocenters. The summed E-state index contributed by atoms with van der Waals surface area (Å²) in [6, 6.07) is 10.4. The number of nitrogens with zero attached hydrogens (tertiary/aromatic N) is 2. The maximum Gasteiger partial charge on any atom is 0.254 e. The highest BCUT2D eigenvalue weighted by Crippen LogP contribution is 2.18. The first kappa shape index (κ1) is 13.4. The van der Waals surface area contributed by atoms with Gasteiger partial charge in [-0.2, -0.15) is 0 Å². The van der Waals surface area contributed by atoms with Gasteiger partial charge in [0.15, 0.2) is 0 Å². The van der Waals surface area contributed by atoms with E-state index in [1.165, 1.54) is 0 Å². The molecule has 0 aliphatic carbocycles. The minimum absolute atomic E-state index is 0.139. The third-order valence-corrected chi connectivity index (χ3v) is 2.86. The minimum Gasteiger partial charge on any atom is -0.399 e. The smallest absolute Gasteiger partial charge is 0.254 e. The number of halogens is 1. The van der Waals surface area contributed by atoms with Gasteiger partial charge in [-0.25, -0.2) is 0 Å². The van der Waals surface area contributed by atoms with E-state index in [1.807, 2.05) is 18.2 Å². The van der Waals surface area contributed by atoms with Crippen molar-refractivity contribution in [1.82, 2.24) is 9.88 Å². The number of anilines is 1. The van der Waals surface area contributed by atoms with E-state index in [1.54, 1.807) is 36.3 Å². The fourth-order valence-corrected chi connectivity index (χ4v) is 2.01. The molecule has 0 bridgehead atoms. The predicted octanol–water partition coefficient (Wildman–Crippen LogP) is 2.59.